The van der Waals surface area contributed by atoms with Gasteiger partial charge in [-0.25, -0.2) is 27.5 Å². The molecule has 1 fully saturated rings. The first-order chi connectivity index (χ1) is 16.7. The zero-order valence-electron chi connectivity index (χ0n) is 18.6. The van der Waals surface area contributed by atoms with Crippen LogP contribution >= 0.6 is 0 Å². The van der Waals surface area contributed by atoms with Gasteiger partial charge in [0.25, 0.3) is 15.9 Å². The van der Waals surface area contributed by atoms with Crippen LogP contribution in [0.4, 0.5) is 16.0 Å². The molecule has 0 unspecified atom stereocenters. The number of para-hydroxylation sites is 1. The molecule has 0 aliphatic carbocycles. The number of benzene rings is 2. The molecule has 0 spiro atoms. The molecule has 1 aliphatic rings. The van der Waals surface area contributed by atoms with E-state index in [2.05, 4.69) is 20.0 Å². The van der Waals surface area contributed by atoms with Crippen molar-refractivity contribution in [1.29, 1.82) is 0 Å². The SMILES string of the molecule is Cc1ccnc(NS(=O)(=O)c2ccc(NC(=O)C3CN(C(=O)COc4ccccc4F)C3)cc2)n1. The van der Waals surface area contributed by atoms with Gasteiger partial charge in [0, 0.05) is 30.7 Å². The van der Waals surface area contributed by atoms with Crippen LogP contribution in [-0.2, 0) is 19.6 Å². The minimum Gasteiger partial charge on any atom is -0.481 e. The van der Waals surface area contributed by atoms with E-state index in [-0.39, 0.29) is 48.1 Å². The number of aryl methyl sites for hydroxylation is 1. The number of hydrogen-bond acceptors (Lipinski definition) is 7. The van der Waals surface area contributed by atoms with E-state index in [0.29, 0.717) is 11.4 Å². The summed E-state index contributed by atoms with van der Waals surface area (Å²) in [5.41, 5.74) is 1.03. The molecule has 3 aromatic rings. The number of anilines is 2. The van der Waals surface area contributed by atoms with Gasteiger partial charge in [0.15, 0.2) is 18.2 Å². The van der Waals surface area contributed by atoms with Crippen molar-refractivity contribution in [1.82, 2.24) is 14.9 Å². The number of likely N-dealkylation sites (tertiary alicyclic amines) is 1. The summed E-state index contributed by atoms with van der Waals surface area (Å²) in [6.45, 7) is 1.80. The van der Waals surface area contributed by atoms with Gasteiger partial charge in [0.05, 0.1) is 10.8 Å². The average molecular weight is 500 g/mol. The summed E-state index contributed by atoms with van der Waals surface area (Å²) in [7, 11) is -3.90. The molecule has 2 heterocycles. The highest BCUT2D eigenvalue weighted by molar-refractivity contribution is 7.92. The Kier molecular flexibility index (Phi) is 6.92. The van der Waals surface area contributed by atoms with E-state index in [1.807, 2.05) is 0 Å². The first-order valence-electron chi connectivity index (χ1n) is 10.6. The highest BCUT2D eigenvalue weighted by Crippen LogP contribution is 2.21. The minimum absolute atomic E-state index is 0.0114. The van der Waals surface area contributed by atoms with Crippen molar-refractivity contribution in [3.63, 3.8) is 0 Å². The number of nitrogens with zero attached hydrogens (tertiary/aromatic N) is 3. The van der Waals surface area contributed by atoms with Crippen LogP contribution < -0.4 is 14.8 Å². The fraction of sp³-hybridized carbons (Fsp3) is 0.217. The maximum Gasteiger partial charge on any atom is 0.264 e. The highest BCUT2D eigenvalue weighted by atomic mass is 32.2. The van der Waals surface area contributed by atoms with Gasteiger partial charge in [-0.2, -0.15) is 0 Å². The molecule has 0 bridgehead atoms. The van der Waals surface area contributed by atoms with Crippen LogP contribution in [0.15, 0.2) is 65.7 Å². The molecule has 2 aromatic carbocycles. The van der Waals surface area contributed by atoms with Crippen LogP contribution in [-0.4, -0.2) is 54.8 Å². The van der Waals surface area contributed by atoms with Crippen molar-refractivity contribution in [2.75, 3.05) is 29.7 Å². The van der Waals surface area contributed by atoms with Crippen molar-refractivity contribution in [3.8, 4) is 5.75 Å². The van der Waals surface area contributed by atoms with Gasteiger partial charge in [-0.1, -0.05) is 12.1 Å². The number of sulfonamides is 1. The van der Waals surface area contributed by atoms with E-state index in [0.717, 1.165) is 0 Å². The number of hydrogen-bond donors (Lipinski definition) is 2. The Labute approximate surface area is 201 Å². The maximum absolute atomic E-state index is 13.6. The van der Waals surface area contributed by atoms with Crippen molar-refractivity contribution in [3.05, 3.63) is 72.3 Å². The summed E-state index contributed by atoms with van der Waals surface area (Å²) in [6, 6.07) is 13.1. The number of nitrogens with one attached hydrogen (secondary N) is 2. The van der Waals surface area contributed by atoms with Gasteiger partial charge in [-0.3, -0.25) is 9.59 Å². The first-order valence-corrected chi connectivity index (χ1v) is 12.1. The Bertz CT molecular complexity index is 1340. The molecule has 12 heteroatoms. The van der Waals surface area contributed by atoms with Gasteiger partial charge in [-0.05, 0) is 49.4 Å². The quantitative estimate of drug-likeness (QED) is 0.486. The third-order valence-corrected chi connectivity index (χ3v) is 6.59. The largest absolute Gasteiger partial charge is 0.481 e. The van der Waals surface area contributed by atoms with Crippen LogP contribution in [0.5, 0.6) is 5.75 Å². The van der Waals surface area contributed by atoms with Crippen LogP contribution in [0.25, 0.3) is 0 Å². The molecular formula is C23H22FN5O5S. The summed E-state index contributed by atoms with van der Waals surface area (Å²) in [4.78, 5) is 34.0. The lowest BCUT2D eigenvalue weighted by molar-refractivity contribution is -0.143. The molecule has 0 saturated carbocycles. The molecule has 0 radical (unpaired) electrons. The predicted molar refractivity (Wildman–Crippen MR) is 125 cm³/mol. The van der Waals surface area contributed by atoms with Crippen LogP contribution in [0.1, 0.15) is 5.69 Å². The molecule has 2 N–H and O–H groups in total. The fourth-order valence-corrected chi connectivity index (χ4v) is 4.23. The van der Waals surface area contributed by atoms with E-state index < -0.39 is 21.8 Å². The van der Waals surface area contributed by atoms with Crippen molar-refractivity contribution >= 4 is 33.5 Å². The summed E-state index contributed by atoms with van der Waals surface area (Å²) >= 11 is 0. The number of amides is 2. The Morgan fingerprint density at radius 1 is 1.11 bits per heavy atom. The van der Waals surface area contributed by atoms with Gasteiger partial charge >= 0.3 is 0 Å². The zero-order valence-corrected chi connectivity index (χ0v) is 19.5. The number of rotatable bonds is 8. The first kappa shape index (κ1) is 24.1. The van der Waals surface area contributed by atoms with E-state index in [1.165, 1.54) is 53.6 Å². The van der Waals surface area contributed by atoms with Crippen molar-refractivity contribution in [2.45, 2.75) is 11.8 Å². The lowest BCUT2D eigenvalue weighted by Gasteiger charge is -2.38. The third-order valence-electron chi connectivity index (χ3n) is 5.25. The van der Waals surface area contributed by atoms with E-state index in [4.69, 9.17) is 4.74 Å². The summed E-state index contributed by atoms with van der Waals surface area (Å²) < 4.78 is 46.1. The Balaban J connectivity index is 1.26. The van der Waals surface area contributed by atoms with Crippen LogP contribution in [0.2, 0.25) is 0 Å². The normalized spacial score (nSPS) is 13.6. The van der Waals surface area contributed by atoms with Gasteiger partial charge < -0.3 is 15.0 Å². The monoisotopic (exact) mass is 499 g/mol. The Hall–Kier alpha value is -4.06. The standard InChI is InChI=1S/C23H22FN5O5S/c1-15-10-11-25-23(26-15)28-35(32,33)18-8-6-17(7-9-18)27-22(31)16-12-29(13-16)21(30)14-34-20-5-3-2-4-19(20)24/h2-11,16H,12-14H2,1H3,(H,27,31)(H,25,26,28). The molecule has 4 rings (SSSR count). The maximum atomic E-state index is 13.6. The lowest BCUT2D eigenvalue weighted by atomic mass is 9.99. The topological polar surface area (TPSA) is 131 Å². The Morgan fingerprint density at radius 2 is 1.83 bits per heavy atom. The van der Waals surface area contributed by atoms with E-state index in [9.17, 15) is 22.4 Å². The molecule has 182 valence electrons. The van der Waals surface area contributed by atoms with Crippen molar-refractivity contribution in [2.24, 2.45) is 5.92 Å². The molecule has 2 amide bonds. The van der Waals surface area contributed by atoms with Crippen molar-refractivity contribution < 1.29 is 27.1 Å². The zero-order chi connectivity index (χ0) is 25.0. The second-order valence-electron chi connectivity index (χ2n) is 7.86. The third kappa shape index (κ3) is 5.90. The summed E-state index contributed by atoms with van der Waals surface area (Å²) in [5, 5.41) is 2.71. The number of aromatic nitrogens is 2. The average Bonchev–Trinajstić information content (AvgIpc) is 2.77. The molecule has 1 saturated heterocycles. The lowest BCUT2D eigenvalue weighted by Crippen LogP contribution is -2.55. The van der Waals surface area contributed by atoms with Gasteiger partial charge in [0.1, 0.15) is 0 Å². The second-order valence-corrected chi connectivity index (χ2v) is 9.54. The second kappa shape index (κ2) is 10.1. The summed E-state index contributed by atoms with van der Waals surface area (Å²) in [5.74, 6) is -1.67. The van der Waals surface area contributed by atoms with E-state index >= 15 is 0 Å². The molecule has 1 aromatic heterocycles. The fourth-order valence-electron chi connectivity index (χ4n) is 3.28. The molecular weight excluding hydrogens is 477 g/mol. The van der Waals surface area contributed by atoms with E-state index in [1.54, 1.807) is 19.1 Å². The number of ether oxygens (including phenoxy) is 1. The van der Waals surface area contributed by atoms with Crippen LogP contribution in [0.3, 0.4) is 0 Å². The molecule has 35 heavy (non-hydrogen) atoms. The molecule has 1 aliphatic heterocycles. The number of halogens is 1. The highest BCUT2D eigenvalue weighted by Gasteiger charge is 2.35. The summed E-state index contributed by atoms with van der Waals surface area (Å²) in [6.07, 6.45) is 1.45. The van der Waals surface area contributed by atoms with Gasteiger partial charge in [0.2, 0.25) is 11.9 Å². The Morgan fingerprint density at radius 3 is 2.51 bits per heavy atom. The van der Waals surface area contributed by atoms with Crippen LogP contribution in [0, 0.1) is 18.7 Å². The smallest absolute Gasteiger partial charge is 0.264 e. The number of carbonyl (C=O) groups is 2. The van der Waals surface area contributed by atoms with Gasteiger partial charge in [-0.15, -0.1) is 0 Å². The molecule has 0 atom stereocenters. The minimum atomic E-state index is -3.90. The molecule has 10 nitrogen and oxygen atoms in total. The number of carbonyl (C=O) groups excluding carboxylic acids is 2. The predicted octanol–water partition coefficient (Wildman–Crippen LogP) is 2.20.